The summed E-state index contributed by atoms with van der Waals surface area (Å²) >= 11 is 0. The summed E-state index contributed by atoms with van der Waals surface area (Å²) in [5, 5.41) is 3.53. The minimum Gasteiger partial charge on any atom is -0.316 e. The highest BCUT2D eigenvalue weighted by Crippen LogP contribution is 2.22. The molecule has 1 aromatic carbocycles. The molecule has 1 aromatic rings. The van der Waals surface area contributed by atoms with Crippen LogP contribution in [0.25, 0.3) is 0 Å². The minimum atomic E-state index is 0.611. The third-order valence-electron chi connectivity index (χ3n) is 3.01. The number of hydrogen-bond acceptors (Lipinski definition) is 1. The summed E-state index contributed by atoms with van der Waals surface area (Å²) < 4.78 is 0. The lowest BCUT2D eigenvalue weighted by molar-refractivity contribution is 0.548. The van der Waals surface area contributed by atoms with Gasteiger partial charge in [-0.15, -0.1) is 6.58 Å². The first-order valence-electron chi connectivity index (χ1n) is 6.64. The number of benzene rings is 1. The molecular weight excluding hydrogens is 206 g/mol. The van der Waals surface area contributed by atoms with Gasteiger partial charge in [-0.25, -0.2) is 0 Å². The molecule has 1 atom stereocenters. The van der Waals surface area contributed by atoms with Crippen molar-refractivity contribution in [1.29, 1.82) is 0 Å². The van der Waals surface area contributed by atoms with Gasteiger partial charge in [0.1, 0.15) is 0 Å². The summed E-state index contributed by atoms with van der Waals surface area (Å²) in [6.07, 6.45) is 3.51. The van der Waals surface area contributed by atoms with Crippen LogP contribution in [0, 0.1) is 0 Å². The lowest BCUT2D eigenvalue weighted by atomic mass is 9.92. The Morgan fingerprint density at radius 2 is 2.00 bits per heavy atom. The van der Waals surface area contributed by atoms with Gasteiger partial charge in [0.25, 0.3) is 0 Å². The molecule has 0 spiro atoms. The van der Waals surface area contributed by atoms with Crippen molar-refractivity contribution in [3.8, 4) is 0 Å². The summed E-state index contributed by atoms with van der Waals surface area (Å²) in [4.78, 5) is 0. The second-order valence-corrected chi connectivity index (χ2v) is 4.81. The van der Waals surface area contributed by atoms with Gasteiger partial charge >= 0.3 is 0 Å². The summed E-state index contributed by atoms with van der Waals surface area (Å²) in [6, 6.07) is 10.8. The fourth-order valence-corrected chi connectivity index (χ4v) is 1.99. The Labute approximate surface area is 106 Å². The van der Waals surface area contributed by atoms with E-state index in [4.69, 9.17) is 0 Å². The Morgan fingerprint density at radius 3 is 2.59 bits per heavy atom. The maximum atomic E-state index is 4.00. The molecule has 17 heavy (non-hydrogen) atoms. The van der Waals surface area contributed by atoms with Crippen molar-refractivity contribution in [2.24, 2.45) is 0 Å². The van der Waals surface area contributed by atoms with E-state index in [2.05, 4.69) is 56.1 Å². The molecule has 1 N–H and O–H groups in total. The second kappa shape index (κ2) is 8.08. The normalized spacial score (nSPS) is 12.4. The number of hydrogen-bond donors (Lipinski definition) is 1. The Bertz CT molecular complexity index is 316. The van der Waals surface area contributed by atoms with Crippen molar-refractivity contribution in [3.05, 3.63) is 48.0 Å². The molecule has 0 aromatic heterocycles. The van der Waals surface area contributed by atoms with Crippen LogP contribution in [0.4, 0.5) is 0 Å². The highest BCUT2D eigenvalue weighted by atomic mass is 14.8. The van der Waals surface area contributed by atoms with Crippen molar-refractivity contribution >= 4 is 0 Å². The van der Waals surface area contributed by atoms with Crippen LogP contribution in [0.3, 0.4) is 0 Å². The minimum absolute atomic E-state index is 0.611. The van der Waals surface area contributed by atoms with E-state index in [0.717, 1.165) is 19.5 Å². The predicted molar refractivity (Wildman–Crippen MR) is 76.4 cm³/mol. The molecule has 0 aliphatic heterocycles. The van der Waals surface area contributed by atoms with Crippen LogP contribution >= 0.6 is 0 Å². The second-order valence-electron chi connectivity index (χ2n) is 4.81. The maximum absolute atomic E-state index is 4.00. The molecule has 0 saturated heterocycles. The molecule has 0 fully saturated rings. The van der Waals surface area contributed by atoms with E-state index in [1.165, 1.54) is 24.0 Å². The van der Waals surface area contributed by atoms with Crippen LogP contribution in [0.1, 0.15) is 44.6 Å². The molecule has 1 nitrogen and oxygen atoms in total. The van der Waals surface area contributed by atoms with Gasteiger partial charge in [-0.05, 0) is 44.2 Å². The lowest BCUT2D eigenvalue weighted by Crippen LogP contribution is -2.22. The molecule has 0 aliphatic carbocycles. The molecule has 0 amide bonds. The fraction of sp³-hybridized carbons (Fsp3) is 0.500. The average Bonchev–Trinajstić information content (AvgIpc) is 2.34. The first kappa shape index (κ1) is 14.0. The molecule has 1 unspecified atom stereocenters. The maximum Gasteiger partial charge on any atom is 0.00202 e. The van der Waals surface area contributed by atoms with Crippen LogP contribution < -0.4 is 5.32 Å². The first-order chi connectivity index (χ1) is 8.24. The van der Waals surface area contributed by atoms with E-state index < -0.39 is 0 Å². The van der Waals surface area contributed by atoms with Gasteiger partial charge in [0.2, 0.25) is 0 Å². The summed E-state index contributed by atoms with van der Waals surface area (Å²) in [7, 11) is 0. The van der Waals surface area contributed by atoms with Crippen LogP contribution in [-0.2, 0) is 0 Å². The molecule has 0 bridgehead atoms. The molecular formula is C16H25N. The molecule has 0 saturated carbocycles. The van der Waals surface area contributed by atoms with Crippen molar-refractivity contribution in [2.45, 2.75) is 39.0 Å². The number of allylic oxidation sites excluding steroid dienone is 1. The van der Waals surface area contributed by atoms with Crippen molar-refractivity contribution in [3.63, 3.8) is 0 Å². The number of rotatable bonds is 8. The zero-order valence-electron chi connectivity index (χ0n) is 11.2. The van der Waals surface area contributed by atoms with Gasteiger partial charge in [-0.2, -0.15) is 0 Å². The summed E-state index contributed by atoms with van der Waals surface area (Å²) in [6.45, 7) is 10.5. The fourth-order valence-electron chi connectivity index (χ4n) is 1.99. The Kier molecular flexibility index (Phi) is 6.64. The van der Waals surface area contributed by atoms with Crippen molar-refractivity contribution in [1.82, 2.24) is 5.32 Å². The quantitative estimate of drug-likeness (QED) is 0.524. The molecule has 1 heteroatoms. The third-order valence-corrected chi connectivity index (χ3v) is 3.01. The molecule has 0 aliphatic rings. The van der Waals surface area contributed by atoms with E-state index in [-0.39, 0.29) is 0 Å². The van der Waals surface area contributed by atoms with E-state index in [1.807, 2.05) is 0 Å². The Balaban J connectivity index is 2.55. The van der Waals surface area contributed by atoms with Gasteiger partial charge in [-0.3, -0.25) is 0 Å². The van der Waals surface area contributed by atoms with E-state index in [1.54, 1.807) is 0 Å². The average molecular weight is 231 g/mol. The molecule has 0 radical (unpaired) electrons. The summed E-state index contributed by atoms with van der Waals surface area (Å²) in [5.74, 6) is 0.611. The van der Waals surface area contributed by atoms with Crippen LogP contribution in [0.15, 0.2) is 42.5 Å². The van der Waals surface area contributed by atoms with Gasteiger partial charge in [0.05, 0.1) is 0 Å². The highest BCUT2D eigenvalue weighted by Gasteiger charge is 2.10. The van der Waals surface area contributed by atoms with E-state index in [0.29, 0.717) is 5.92 Å². The van der Waals surface area contributed by atoms with Crippen LogP contribution in [-0.4, -0.2) is 13.1 Å². The Morgan fingerprint density at radius 1 is 1.29 bits per heavy atom. The smallest absolute Gasteiger partial charge is 0.00202 e. The standard InChI is InChI=1S/C16H25N/c1-4-12-17-13-16(11-10-14(2)3)15-8-6-5-7-9-15/h5-9,16-17H,2,4,10-13H2,1,3H3. The predicted octanol–water partition coefficient (Wildman–Crippen LogP) is 4.13. The molecule has 0 heterocycles. The van der Waals surface area contributed by atoms with E-state index >= 15 is 0 Å². The van der Waals surface area contributed by atoms with E-state index in [9.17, 15) is 0 Å². The third kappa shape index (κ3) is 5.69. The van der Waals surface area contributed by atoms with Crippen LogP contribution in [0.5, 0.6) is 0 Å². The van der Waals surface area contributed by atoms with Gasteiger partial charge in [0.15, 0.2) is 0 Å². The zero-order valence-corrected chi connectivity index (χ0v) is 11.2. The van der Waals surface area contributed by atoms with Crippen molar-refractivity contribution < 1.29 is 0 Å². The van der Waals surface area contributed by atoms with Crippen molar-refractivity contribution in [2.75, 3.05) is 13.1 Å². The lowest BCUT2D eigenvalue weighted by Gasteiger charge is -2.18. The summed E-state index contributed by atoms with van der Waals surface area (Å²) in [5.41, 5.74) is 2.72. The van der Waals surface area contributed by atoms with Gasteiger partial charge in [0, 0.05) is 6.54 Å². The van der Waals surface area contributed by atoms with Gasteiger partial charge in [-0.1, -0.05) is 42.8 Å². The first-order valence-corrected chi connectivity index (χ1v) is 6.64. The molecule has 1 rings (SSSR count). The number of nitrogens with one attached hydrogen (secondary N) is 1. The Hall–Kier alpha value is -1.08. The highest BCUT2D eigenvalue weighted by molar-refractivity contribution is 5.20. The largest absolute Gasteiger partial charge is 0.316 e. The SMILES string of the molecule is C=C(C)CCC(CNCCC)c1ccccc1. The zero-order chi connectivity index (χ0) is 12.5. The van der Waals surface area contributed by atoms with Gasteiger partial charge < -0.3 is 5.32 Å². The van der Waals surface area contributed by atoms with Crippen LogP contribution in [0.2, 0.25) is 0 Å². The topological polar surface area (TPSA) is 12.0 Å². The monoisotopic (exact) mass is 231 g/mol. The molecule has 94 valence electrons.